The highest BCUT2D eigenvalue weighted by Gasteiger charge is 2.09. The van der Waals surface area contributed by atoms with E-state index >= 15 is 0 Å². The van der Waals surface area contributed by atoms with E-state index in [-0.39, 0.29) is 10.8 Å². The molecule has 2 aromatic rings. The fraction of sp³-hybridized carbons (Fsp3) is 0.0833. The number of nitrogens with zero attached hydrogens (tertiary/aromatic N) is 1. The average molecular weight is 299 g/mol. The van der Waals surface area contributed by atoms with Crippen molar-refractivity contribution in [3.8, 4) is 11.6 Å². The molecule has 0 aliphatic carbocycles. The highest BCUT2D eigenvalue weighted by molar-refractivity contribution is 7.89. The summed E-state index contributed by atoms with van der Waals surface area (Å²) in [6.45, 7) is 1.91. The van der Waals surface area contributed by atoms with Crippen LogP contribution in [-0.4, -0.2) is 13.4 Å². The summed E-state index contributed by atoms with van der Waals surface area (Å²) in [5.41, 5.74) is 1.01. The van der Waals surface area contributed by atoms with Crippen LogP contribution < -0.4 is 9.88 Å². The van der Waals surface area contributed by atoms with Crippen LogP contribution in [-0.2, 0) is 10.0 Å². The number of benzene rings is 1. The van der Waals surface area contributed by atoms with Gasteiger partial charge >= 0.3 is 0 Å². The van der Waals surface area contributed by atoms with Crippen molar-refractivity contribution in [3.63, 3.8) is 0 Å². The number of rotatable bonds is 3. The summed E-state index contributed by atoms with van der Waals surface area (Å²) in [6, 6.07) is 8.05. The third-order valence-electron chi connectivity index (χ3n) is 2.34. The van der Waals surface area contributed by atoms with Crippen LogP contribution in [0.25, 0.3) is 0 Å². The molecule has 0 bridgehead atoms. The van der Waals surface area contributed by atoms with Crippen LogP contribution in [0.1, 0.15) is 5.56 Å². The molecule has 0 atom stereocenters. The van der Waals surface area contributed by atoms with Gasteiger partial charge in [0.2, 0.25) is 15.9 Å². The molecule has 0 saturated carbocycles. The van der Waals surface area contributed by atoms with Crippen molar-refractivity contribution >= 4 is 21.6 Å². The monoisotopic (exact) mass is 298 g/mol. The van der Waals surface area contributed by atoms with Gasteiger partial charge in [-0.15, -0.1) is 0 Å². The van der Waals surface area contributed by atoms with Gasteiger partial charge in [0.15, 0.2) is 0 Å². The van der Waals surface area contributed by atoms with Crippen LogP contribution in [0.15, 0.2) is 41.4 Å². The maximum atomic E-state index is 11.1. The lowest BCUT2D eigenvalue weighted by Gasteiger charge is -2.07. The molecular formula is C12H11ClN2O3S. The smallest absolute Gasteiger partial charge is 0.239 e. The molecule has 1 aromatic heterocycles. The van der Waals surface area contributed by atoms with Crippen LogP contribution in [0.5, 0.6) is 11.6 Å². The van der Waals surface area contributed by atoms with Crippen LogP contribution in [0.2, 0.25) is 5.02 Å². The molecule has 2 N–H and O–H groups in total. The molecule has 0 spiro atoms. The molecule has 0 saturated heterocycles. The molecule has 2 rings (SSSR count). The summed E-state index contributed by atoms with van der Waals surface area (Å²) in [6.07, 6.45) is 1.13. The van der Waals surface area contributed by atoms with Crippen LogP contribution in [0, 0.1) is 6.92 Å². The Balaban J connectivity index is 2.25. The van der Waals surface area contributed by atoms with Crippen molar-refractivity contribution in [2.24, 2.45) is 5.14 Å². The van der Waals surface area contributed by atoms with Crippen molar-refractivity contribution in [1.82, 2.24) is 4.98 Å². The summed E-state index contributed by atoms with van der Waals surface area (Å²) >= 11 is 6.01. The van der Waals surface area contributed by atoms with Crippen LogP contribution >= 0.6 is 11.6 Å². The standard InChI is InChI=1S/C12H11ClN2O3S/c1-8-2-4-11(10(13)6-8)18-12-5-3-9(7-15-12)19(14,16)17/h2-7H,1H3,(H2,14,16,17). The molecule has 0 unspecified atom stereocenters. The van der Waals surface area contributed by atoms with Crippen LogP contribution in [0.3, 0.4) is 0 Å². The highest BCUT2D eigenvalue weighted by Crippen LogP contribution is 2.29. The maximum Gasteiger partial charge on any atom is 0.239 e. The third-order valence-corrected chi connectivity index (χ3v) is 3.53. The van der Waals surface area contributed by atoms with Crippen molar-refractivity contribution in [1.29, 1.82) is 0 Å². The molecule has 0 aliphatic heterocycles. The molecule has 1 aromatic carbocycles. The molecule has 1 heterocycles. The lowest BCUT2D eigenvalue weighted by Crippen LogP contribution is -2.12. The Bertz CT molecular complexity index is 699. The maximum absolute atomic E-state index is 11.1. The van der Waals surface area contributed by atoms with E-state index < -0.39 is 10.0 Å². The molecule has 0 radical (unpaired) electrons. The van der Waals surface area contributed by atoms with Gasteiger partial charge < -0.3 is 4.74 Å². The van der Waals surface area contributed by atoms with Gasteiger partial charge in [0, 0.05) is 6.07 Å². The first-order chi connectivity index (χ1) is 8.86. The Hall–Kier alpha value is -1.63. The number of sulfonamides is 1. The van der Waals surface area contributed by atoms with Crippen molar-refractivity contribution in [3.05, 3.63) is 47.1 Å². The Labute approximate surface area is 116 Å². The van der Waals surface area contributed by atoms with E-state index in [0.717, 1.165) is 11.8 Å². The first-order valence-electron chi connectivity index (χ1n) is 5.29. The summed E-state index contributed by atoms with van der Waals surface area (Å²) in [5, 5.41) is 5.43. The zero-order valence-corrected chi connectivity index (χ0v) is 11.6. The minimum Gasteiger partial charge on any atom is -0.437 e. The summed E-state index contributed by atoms with van der Waals surface area (Å²) in [5.74, 6) is 0.682. The summed E-state index contributed by atoms with van der Waals surface area (Å²) in [4.78, 5) is 3.79. The SMILES string of the molecule is Cc1ccc(Oc2ccc(S(N)(=O)=O)cn2)c(Cl)c1. The predicted molar refractivity (Wildman–Crippen MR) is 71.9 cm³/mol. The molecular weight excluding hydrogens is 288 g/mol. The average Bonchev–Trinajstić information content (AvgIpc) is 2.32. The number of ether oxygens (including phenoxy) is 1. The first-order valence-corrected chi connectivity index (χ1v) is 7.21. The van der Waals surface area contributed by atoms with Crippen molar-refractivity contribution in [2.75, 3.05) is 0 Å². The van der Waals surface area contributed by atoms with E-state index in [1.807, 2.05) is 13.0 Å². The first kappa shape index (κ1) is 13.8. The normalized spacial score (nSPS) is 11.3. The summed E-state index contributed by atoms with van der Waals surface area (Å²) in [7, 11) is -3.75. The van der Waals surface area contributed by atoms with Gasteiger partial charge in [-0.25, -0.2) is 18.5 Å². The Kier molecular flexibility index (Phi) is 3.75. The van der Waals surface area contributed by atoms with Crippen molar-refractivity contribution < 1.29 is 13.2 Å². The van der Waals surface area contributed by atoms with Crippen LogP contribution in [0.4, 0.5) is 0 Å². The van der Waals surface area contributed by atoms with E-state index in [4.69, 9.17) is 21.5 Å². The van der Waals surface area contributed by atoms with E-state index in [1.165, 1.54) is 12.1 Å². The van der Waals surface area contributed by atoms with Gasteiger partial charge in [-0.05, 0) is 30.7 Å². The minimum atomic E-state index is -3.75. The van der Waals surface area contributed by atoms with E-state index in [0.29, 0.717) is 10.8 Å². The van der Waals surface area contributed by atoms with E-state index in [9.17, 15) is 8.42 Å². The van der Waals surface area contributed by atoms with Gasteiger partial charge in [-0.1, -0.05) is 17.7 Å². The number of halogens is 1. The summed E-state index contributed by atoms with van der Waals surface area (Å²) < 4.78 is 27.6. The zero-order chi connectivity index (χ0) is 14.0. The lowest BCUT2D eigenvalue weighted by molar-refractivity contribution is 0.462. The highest BCUT2D eigenvalue weighted by atomic mass is 35.5. The van der Waals surface area contributed by atoms with Gasteiger partial charge in [-0.2, -0.15) is 0 Å². The molecule has 0 amide bonds. The minimum absolute atomic E-state index is 0.0742. The molecule has 100 valence electrons. The van der Waals surface area contributed by atoms with Gasteiger partial charge in [-0.3, -0.25) is 0 Å². The Morgan fingerprint density at radius 3 is 2.53 bits per heavy atom. The zero-order valence-electron chi connectivity index (χ0n) is 10.00. The van der Waals surface area contributed by atoms with Crippen molar-refractivity contribution in [2.45, 2.75) is 11.8 Å². The molecule has 19 heavy (non-hydrogen) atoms. The number of primary sulfonamides is 1. The molecule has 7 heteroatoms. The second kappa shape index (κ2) is 5.16. The predicted octanol–water partition coefficient (Wildman–Crippen LogP) is 2.48. The van der Waals surface area contributed by atoms with E-state index in [1.54, 1.807) is 12.1 Å². The number of hydrogen-bond donors (Lipinski definition) is 1. The van der Waals surface area contributed by atoms with Gasteiger partial charge in [0.25, 0.3) is 0 Å². The Morgan fingerprint density at radius 1 is 1.26 bits per heavy atom. The molecule has 0 aliphatic rings. The number of nitrogens with two attached hydrogens (primary N) is 1. The third kappa shape index (κ3) is 3.44. The quantitative estimate of drug-likeness (QED) is 0.943. The largest absolute Gasteiger partial charge is 0.437 e. The molecule has 0 fully saturated rings. The second-order valence-electron chi connectivity index (χ2n) is 3.91. The second-order valence-corrected chi connectivity index (χ2v) is 5.88. The lowest BCUT2D eigenvalue weighted by atomic mass is 10.2. The molecule has 5 nitrogen and oxygen atoms in total. The number of aryl methyl sites for hydroxylation is 1. The fourth-order valence-electron chi connectivity index (χ4n) is 1.40. The fourth-order valence-corrected chi connectivity index (χ4v) is 2.13. The van der Waals surface area contributed by atoms with Gasteiger partial charge in [0.05, 0.1) is 11.2 Å². The topological polar surface area (TPSA) is 82.3 Å². The number of aromatic nitrogens is 1. The van der Waals surface area contributed by atoms with E-state index in [2.05, 4.69) is 4.98 Å². The Morgan fingerprint density at radius 2 is 2.00 bits per heavy atom. The number of pyridine rings is 1. The number of hydrogen-bond acceptors (Lipinski definition) is 4. The van der Waals surface area contributed by atoms with Gasteiger partial charge in [0.1, 0.15) is 10.6 Å².